The Balaban J connectivity index is 1.36. The van der Waals surface area contributed by atoms with Crippen LogP contribution in [0.3, 0.4) is 0 Å². The maximum absolute atomic E-state index is 12.6. The smallest absolute Gasteiger partial charge is 0.265 e. The number of amides is 2. The predicted molar refractivity (Wildman–Crippen MR) is 139 cm³/mol. The molecule has 0 aliphatic carbocycles. The van der Waals surface area contributed by atoms with Gasteiger partial charge in [-0.25, -0.2) is 0 Å². The monoisotopic (exact) mass is 490 g/mol. The van der Waals surface area contributed by atoms with Crippen LogP contribution in [0.25, 0.3) is 6.08 Å². The molecule has 2 amide bonds. The molecule has 0 unspecified atom stereocenters. The van der Waals surface area contributed by atoms with Crippen molar-refractivity contribution in [3.63, 3.8) is 0 Å². The van der Waals surface area contributed by atoms with Crippen molar-refractivity contribution < 1.29 is 19.1 Å². The van der Waals surface area contributed by atoms with Gasteiger partial charge in [0.15, 0.2) is 6.61 Å². The number of ether oxygens (including phenoxy) is 2. The summed E-state index contributed by atoms with van der Waals surface area (Å²) in [6.45, 7) is 3.07. The molecule has 3 aromatic rings. The van der Waals surface area contributed by atoms with Crippen molar-refractivity contribution in [2.45, 2.75) is 19.8 Å². The second kappa shape index (κ2) is 11.6. The Kier molecular flexibility index (Phi) is 8.06. The second-order valence-electron chi connectivity index (χ2n) is 8.09. The van der Waals surface area contributed by atoms with Gasteiger partial charge in [-0.15, -0.1) is 0 Å². The van der Waals surface area contributed by atoms with E-state index < -0.39 is 0 Å². The Labute approximate surface area is 210 Å². The number of hydrogen-bond donors (Lipinski definition) is 1. The third-order valence-electron chi connectivity index (χ3n) is 5.59. The third kappa shape index (κ3) is 6.64. The van der Waals surface area contributed by atoms with Gasteiger partial charge in [0, 0.05) is 23.3 Å². The number of carbonyl (C=O) groups excluding carboxylic acids is 2. The van der Waals surface area contributed by atoms with Crippen LogP contribution >= 0.6 is 11.6 Å². The quantitative estimate of drug-likeness (QED) is 0.306. The van der Waals surface area contributed by atoms with Crippen LogP contribution in [-0.4, -0.2) is 31.6 Å². The number of hydrogen-bond acceptors (Lipinski definition) is 4. The number of nitrogens with zero attached hydrogens (tertiary/aromatic N) is 1. The molecule has 6 nitrogen and oxygen atoms in total. The first-order valence-electron chi connectivity index (χ1n) is 11.6. The minimum absolute atomic E-state index is 0.0120. The van der Waals surface area contributed by atoms with E-state index in [-0.39, 0.29) is 18.4 Å². The van der Waals surface area contributed by atoms with Gasteiger partial charge in [0.2, 0.25) is 5.91 Å². The summed E-state index contributed by atoms with van der Waals surface area (Å²) in [7, 11) is 0. The summed E-state index contributed by atoms with van der Waals surface area (Å²) in [5, 5.41) is 3.48. The van der Waals surface area contributed by atoms with Crippen LogP contribution in [0.5, 0.6) is 11.5 Å². The normalized spacial score (nSPS) is 12.9. The Morgan fingerprint density at radius 2 is 1.89 bits per heavy atom. The van der Waals surface area contributed by atoms with Gasteiger partial charge in [0.25, 0.3) is 5.91 Å². The van der Waals surface area contributed by atoms with E-state index in [1.807, 2.05) is 24.3 Å². The van der Waals surface area contributed by atoms with Crippen LogP contribution in [0.2, 0.25) is 5.02 Å². The van der Waals surface area contributed by atoms with E-state index in [4.69, 9.17) is 21.1 Å². The molecule has 0 aromatic heterocycles. The third-order valence-corrected chi connectivity index (χ3v) is 5.84. The zero-order chi connectivity index (χ0) is 24.6. The number of anilines is 2. The van der Waals surface area contributed by atoms with E-state index in [9.17, 15) is 9.59 Å². The highest BCUT2D eigenvalue weighted by atomic mass is 35.5. The molecule has 0 saturated heterocycles. The largest absolute Gasteiger partial charge is 0.494 e. The molecule has 1 aliphatic heterocycles. The summed E-state index contributed by atoms with van der Waals surface area (Å²) in [5.74, 6) is 1.01. The van der Waals surface area contributed by atoms with Crippen LogP contribution in [0.1, 0.15) is 24.5 Å². The highest BCUT2D eigenvalue weighted by Gasteiger charge is 2.25. The number of halogens is 1. The molecule has 1 aliphatic rings. The highest BCUT2D eigenvalue weighted by molar-refractivity contribution is 6.30. The van der Waals surface area contributed by atoms with Crippen molar-refractivity contribution in [3.05, 3.63) is 89.0 Å². The summed E-state index contributed by atoms with van der Waals surface area (Å²) in [5.41, 5.74) is 3.33. The number of nitrogens with one attached hydrogen (secondary N) is 1. The topological polar surface area (TPSA) is 67.9 Å². The predicted octanol–water partition coefficient (Wildman–Crippen LogP) is 5.75. The van der Waals surface area contributed by atoms with Crippen LogP contribution < -0.4 is 19.7 Å². The average molecular weight is 491 g/mol. The molecule has 7 heteroatoms. The first-order valence-corrected chi connectivity index (χ1v) is 11.9. The minimum Gasteiger partial charge on any atom is -0.494 e. The Hall–Kier alpha value is -3.77. The highest BCUT2D eigenvalue weighted by Crippen LogP contribution is 2.34. The fourth-order valence-electron chi connectivity index (χ4n) is 3.69. The van der Waals surface area contributed by atoms with E-state index in [1.54, 1.807) is 41.3 Å². The van der Waals surface area contributed by atoms with Crippen molar-refractivity contribution in [1.82, 2.24) is 0 Å². The maximum atomic E-state index is 12.6. The molecule has 4 rings (SSSR count). The van der Waals surface area contributed by atoms with Crippen LogP contribution in [0.4, 0.5) is 11.4 Å². The van der Waals surface area contributed by atoms with Gasteiger partial charge in [0.05, 0.1) is 12.3 Å². The van der Waals surface area contributed by atoms with Gasteiger partial charge in [0.1, 0.15) is 11.5 Å². The zero-order valence-electron chi connectivity index (χ0n) is 19.5. The van der Waals surface area contributed by atoms with Gasteiger partial charge >= 0.3 is 0 Å². The Morgan fingerprint density at radius 3 is 2.63 bits per heavy atom. The number of carbonyl (C=O) groups is 2. The molecular formula is C28H27ClN2O4. The second-order valence-corrected chi connectivity index (χ2v) is 8.53. The molecule has 0 saturated carbocycles. The molecule has 1 heterocycles. The molecule has 0 bridgehead atoms. The van der Waals surface area contributed by atoms with Crippen molar-refractivity contribution in [1.29, 1.82) is 0 Å². The lowest BCUT2D eigenvalue weighted by atomic mass is 10.2. The average Bonchev–Trinajstić information content (AvgIpc) is 2.87. The summed E-state index contributed by atoms with van der Waals surface area (Å²) in [6.07, 6.45) is 4.80. The fraction of sp³-hybridized carbons (Fsp3) is 0.214. The maximum Gasteiger partial charge on any atom is 0.265 e. The molecule has 180 valence electrons. The van der Waals surface area contributed by atoms with E-state index in [0.29, 0.717) is 41.7 Å². The molecule has 0 spiro atoms. The van der Waals surface area contributed by atoms with Gasteiger partial charge in [-0.05, 0) is 72.5 Å². The molecule has 0 radical (unpaired) electrons. The summed E-state index contributed by atoms with van der Waals surface area (Å²) < 4.78 is 11.4. The van der Waals surface area contributed by atoms with Crippen molar-refractivity contribution >= 4 is 40.9 Å². The Bertz CT molecular complexity index is 1210. The molecule has 0 fully saturated rings. The summed E-state index contributed by atoms with van der Waals surface area (Å²) in [6, 6.07) is 20.5. The van der Waals surface area contributed by atoms with Crippen molar-refractivity contribution in [2.75, 3.05) is 30.0 Å². The lowest BCUT2D eigenvalue weighted by molar-refractivity contribution is -0.121. The SMILES string of the molecule is CCc1ccc(OCCCN2C(=O)COc3ccc(NC(=O)/C=C/c4ccc(Cl)cc4)cc32)cc1. The van der Waals surface area contributed by atoms with E-state index in [0.717, 1.165) is 17.7 Å². The Morgan fingerprint density at radius 1 is 1.11 bits per heavy atom. The first kappa shape index (κ1) is 24.4. The fourth-order valence-corrected chi connectivity index (χ4v) is 3.81. The minimum atomic E-state index is -0.281. The van der Waals surface area contributed by atoms with Gasteiger partial charge in [-0.1, -0.05) is 42.8 Å². The molecule has 3 aromatic carbocycles. The van der Waals surface area contributed by atoms with Crippen molar-refractivity contribution in [3.8, 4) is 11.5 Å². The van der Waals surface area contributed by atoms with Gasteiger partial charge in [-0.2, -0.15) is 0 Å². The number of rotatable bonds is 9. The van der Waals surface area contributed by atoms with E-state index >= 15 is 0 Å². The number of benzene rings is 3. The van der Waals surface area contributed by atoms with E-state index in [2.05, 4.69) is 24.4 Å². The number of fused-ring (bicyclic) bond motifs is 1. The summed E-state index contributed by atoms with van der Waals surface area (Å²) in [4.78, 5) is 26.6. The molecular weight excluding hydrogens is 464 g/mol. The lowest BCUT2D eigenvalue weighted by Crippen LogP contribution is -2.39. The van der Waals surface area contributed by atoms with Crippen LogP contribution in [0.15, 0.2) is 72.8 Å². The molecule has 0 atom stereocenters. The van der Waals surface area contributed by atoms with Gasteiger partial charge < -0.3 is 19.7 Å². The standard InChI is InChI=1S/C28H27ClN2O4/c1-2-20-6-12-24(13-7-20)34-17-3-16-31-25-18-23(11-14-26(25)35-19-28(31)33)30-27(32)15-8-21-4-9-22(29)10-5-21/h4-15,18H,2-3,16-17,19H2,1H3,(H,30,32)/b15-8+. The molecule has 35 heavy (non-hydrogen) atoms. The lowest BCUT2D eigenvalue weighted by Gasteiger charge is -2.29. The van der Waals surface area contributed by atoms with E-state index in [1.165, 1.54) is 11.6 Å². The van der Waals surface area contributed by atoms with Crippen molar-refractivity contribution in [2.24, 2.45) is 0 Å². The molecule has 1 N–H and O–H groups in total. The zero-order valence-corrected chi connectivity index (χ0v) is 20.3. The van der Waals surface area contributed by atoms with Crippen LogP contribution in [-0.2, 0) is 16.0 Å². The summed E-state index contributed by atoms with van der Waals surface area (Å²) >= 11 is 5.89. The van der Waals surface area contributed by atoms with Gasteiger partial charge in [-0.3, -0.25) is 9.59 Å². The van der Waals surface area contributed by atoms with Crippen LogP contribution in [0, 0.1) is 0 Å². The first-order chi connectivity index (χ1) is 17.0. The number of aryl methyl sites for hydroxylation is 1.